The van der Waals surface area contributed by atoms with Gasteiger partial charge in [-0.3, -0.25) is 19.4 Å². The van der Waals surface area contributed by atoms with Crippen LogP contribution in [-0.4, -0.2) is 86.5 Å². The fourth-order valence-electron chi connectivity index (χ4n) is 4.86. The summed E-state index contributed by atoms with van der Waals surface area (Å²) in [7, 11) is 3.16. The van der Waals surface area contributed by atoms with Crippen molar-refractivity contribution < 1.29 is 19.1 Å². The summed E-state index contributed by atoms with van der Waals surface area (Å²) in [5, 5.41) is 2.93. The van der Waals surface area contributed by atoms with Gasteiger partial charge in [-0.1, -0.05) is 30.3 Å². The Kier molecular flexibility index (Phi) is 8.60. The Balaban J connectivity index is 1.19. The minimum Gasteiger partial charge on any atom is -0.497 e. The zero-order chi connectivity index (χ0) is 24.6. The molecule has 2 aliphatic heterocycles. The van der Waals surface area contributed by atoms with Gasteiger partial charge in [-0.05, 0) is 43.6 Å². The van der Waals surface area contributed by atoms with Crippen LogP contribution in [0.25, 0.3) is 0 Å². The highest BCUT2D eigenvalue weighted by atomic mass is 16.5. The fourth-order valence-corrected chi connectivity index (χ4v) is 4.86. The Labute approximate surface area is 207 Å². The first-order chi connectivity index (χ1) is 17.1. The van der Waals surface area contributed by atoms with Crippen LogP contribution < -0.4 is 14.8 Å². The van der Waals surface area contributed by atoms with E-state index in [0.717, 1.165) is 58.7 Å². The zero-order valence-corrected chi connectivity index (χ0v) is 20.7. The van der Waals surface area contributed by atoms with Gasteiger partial charge in [0.2, 0.25) is 11.8 Å². The van der Waals surface area contributed by atoms with Gasteiger partial charge in [0, 0.05) is 44.7 Å². The highest BCUT2D eigenvalue weighted by Gasteiger charge is 2.31. The smallest absolute Gasteiger partial charge is 0.238 e. The van der Waals surface area contributed by atoms with Crippen LogP contribution in [0.5, 0.6) is 11.5 Å². The maximum Gasteiger partial charge on any atom is 0.238 e. The van der Waals surface area contributed by atoms with E-state index in [1.54, 1.807) is 32.4 Å². The first kappa shape index (κ1) is 25.0. The van der Waals surface area contributed by atoms with Gasteiger partial charge in [0.05, 0.1) is 26.5 Å². The number of likely N-dealkylation sites (tertiary alicyclic amines) is 1. The second kappa shape index (κ2) is 12.0. The monoisotopic (exact) mass is 480 g/mol. The molecular weight excluding hydrogens is 444 g/mol. The van der Waals surface area contributed by atoms with E-state index in [1.165, 1.54) is 5.56 Å². The first-order valence-corrected chi connectivity index (χ1v) is 12.3. The van der Waals surface area contributed by atoms with Crippen LogP contribution in [-0.2, 0) is 16.1 Å². The predicted molar refractivity (Wildman–Crippen MR) is 136 cm³/mol. The Morgan fingerprint density at radius 2 is 1.60 bits per heavy atom. The number of benzene rings is 2. The highest BCUT2D eigenvalue weighted by molar-refractivity contribution is 5.93. The number of carbonyl (C=O) groups excluding carboxylic acids is 2. The molecule has 0 radical (unpaired) electrons. The molecule has 0 aliphatic carbocycles. The molecule has 8 nitrogen and oxygen atoms in total. The number of piperidine rings is 1. The zero-order valence-electron chi connectivity index (χ0n) is 20.7. The number of nitrogens with zero attached hydrogens (tertiary/aromatic N) is 3. The molecule has 2 amide bonds. The molecule has 0 atom stereocenters. The number of hydrogen-bond donors (Lipinski definition) is 1. The van der Waals surface area contributed by atoms with Gasteiger partial charge in [-0.25, -0.2) is 0 Å². The van der Waals surface area contributed by atoms with Gasteiger partial charge in [-0.2, -0.15) is 0 Å². The lowest BCUT2D eigenvalue weighted by molar-refractivity contribution is -0.139. The second-order valence-corrected chi connectivity index (χ2v) is 9.25. The predicted octanol–water partition coefficient (Wildman–Crippen LogP) is 2.70. The molecule has 35 heavy (non-hydrogen) atoms. The topological polar surface area (TPSA) is 74.4 Å². The van der Waals surface area contributed by atoms with Gasteiger partial charge < -0.3 is 19.7 Å². The number of amides is 2. The number of methoxy groups -OCH3 is 2. The normalized spacial score (nSPS) is 17.7. The van der Waals surface area contributed by atoms with E-state index in [-0.39, 0.29) is 17.7 Å². The summed E-state index contributed by atoms with van der Waals surface area (Å²) in [6.07, 6.45) is 1.59. The molecule has 188 valence electrons. The SMILES string of the molecule is COc1ccc(NC(=O)CN2CCC(C(=O)N3CCN(Cc4ccccc4)CC3)CC2)c(OC)c1. The molecule has 8 heteroatoms. The van der Waals surface area contributed by atoms with Crippen LogP contribution >= 0.6 is 0 Å². The molecule has 1 N–H and O–H groups in total. The van der Waals surface area contributed by atoms with Crippen LogP contribution in [0.1, 0.15) is 18.4 Å². The number of rotatable bonds is 8. The van der Waals surface area contributed by atoms with E-state index in [4.69, 9.17) is 9.47 Å². The molecule has 2 aliphatic rings. The van der Waals surface area contributed by atoms with Gasteiger partial charge in [-0.15, -0.1) is 0 Å². The van der Waals surface area contributed by atoms with Gasteiger partial charge in [0.1, 0.15) is 11.5 Å². The number of anilines is 1. The Morgan fingerprint density at radius 1 is 0.886 bits per heavy atom. The number of ether oxygens (including phenoxy) is 2. The van der Waals surface area contributed by atoms with Crippen LogP contribution in [0.2, 0.25) is 0 Å². The van der Waals surface area contributed by atoms with E-state index < -0.39 is 0 Å². The number of piperazine rings is 1. The van der Waals surface area contributed by atoms with Crippen molar-refractivity contribution in [1.29, 1.82) is 0 Å². The second-order valence-electron chi connectivity index (χ2n) is 9.25. The van der Waals surface area contributed by atoms with Gasteiger partial charge >= 0.3 is 0 Å². The van der Waals surface area contributed by atoms with E-state index in [0.29, 0.717) is 23.7 Å². The third-order valence-electron chi connectivity index (χ3n) is 6.92. The summed E-state index contributed by atoms with van der Waals surface area (Å²) in [5.74, 6) is 1.47. The first-order valence-electron chi connectivity index (χ1n) is 12.3. The van der Waals surface area contributed by atoms with Crippen molar-refractivity contribution >= 4 is 17.5 Å². The maximum atomic E-state index is 13.1. The molecule has 0 bridgehead atoms. The van der Waals surface area contributed by atoms with Crippen molar-refractivity contribution in [3.05, 3.63) is 54.1 Å². The van der Waals surface area contributed by atoms with E-state index >= 15 is 0 Å². The third kappa shape index (κ3) is 6.74. The summed E-state index contributed by atoms with van der Waals surface area (Å²) in [4.78, 5) is 32.3. The van der Waals surface area contributed by atoms with Gasteiger partial charge in [0.25, 0.3) is 0 Å². The van der Waals surface area contributed by atoms with Crippen molar-refractivity contribution in [3.8, 4) is 11.5 Å². The molecule has 2 heterocycles. The maximum absolute atomic E-state index is 13.1. The lowest BCUT2D eigenvalue weighted by Crippen LogP contribution is -2.51. The fraction of sp³-hybridized carbons (Fsp3) is 0.481. The van der Waals surface area contributed by atoms with Crippen molar-refractivity contribution in [3.63, 3.8) is 0 Å². The average Bonchev–Trinajstić information content (AvgIpc) is 2.90. The highest BCUT2D eigenvalue weighted by Crippen LogP contribution is 2.29. The van der Waals surface area contributed by atoms with Crippen LogP contribution in [0, 0.1) is 5.92 Å². The molecule has 2 fully saturated rings. The molecule has 2 aromatic carbocycles. The molecule has 0 aromatic heterocycles. The molecular formula is C27H36N4O4. The quantitative estimate of drug-likeness (QED) is 0.626. The van der Waals surface area contributed by atoms with Crippen molar-refractivity contribution in [2.75, 3.05) is 65.3 Å². The molecule has 0 unspecified atom stereocenters. The molecule has 4 rings (SSSR count). The standard InChI is InChI=1S/C27H36N4O4/c1-34-23-8-9-24(25(18-23)35-2)28-26(32)20-29-12-10-22(11-13-29)27(33)31-16-14-30(15-17-31)19-21-6-4-3-5-7-21/h3-9,18,22H,10-17,19-20H2,1-2H3,(H,28,32). The lowest BCUT2D eigenvalue weighted by Gasteiger charge is -2.38. The van der Waals surface area contributed by atoms with E-state index in [2.05, 4.69) is 39.4 Å². The lowest BCUT2D eigenvalue weighted by atomic mass is 9.95. The number of hydrogen-bond acceptors (Lipinski definition) is 6. The van der Waals surface area contributed by atoms with E-state index in [1.807, 2.05) is 11.0 Å². The molecule has 2 saturated heterocycles. The summed E-state index contributed by atoms with van der Waals surface area (Å²) in [6.45, 7) is 6.13. The van der Waals surface area contributed by atoms with Crippen molar-refractivity contribution in [2.45, 2.75) is 19.4 Å². The summed E-state index contributed by atoms with van der Waals surface area (Å²) in [6, 6.07) is 15.8. The molecule has 0 saturated carbocycles. The number of nitrogens with one attached hydrogen (secondary N) is 1. The summed E-state index contributed by atoms with van der Waals surface area (Å²) < 4.78 is 10.6. The largest absolute Gasteiger partial charge is 0.497 e. The number of carbonyl (C=O) groups is 2. The van der Waals surface area contributed by atoms with E-state index in [9.17, 15) is 9.59 Å². The summed E-state index contributed by atoms with van der Waals surface area (Å²) >= 11 is 0. The average molecular weight is 481 g/mol. The molecule has 2 aromatic rings. The Hall–Kier alpha value is -3.10. The van der Waals surface area contributed by atoms with Crippen LogP contribution in [0.3, 0.4) is 0 Å². The molecule has 0 spiro atoms. The van der Waals surface area contributed by atoms with Crippen molar-refractivity contribution in [2.24, 2.45) is 5.92 Å². The Morgan fingerprint density at radius 3 is 2.26 bits per heavy atom. The van der Waals surface area contributed by atoms with Crippen LogP contribution in [0.4, 0.5) is 5.69 Å². The van der Waals surface area contributed by atoms with Crippen LogP contribution in [0.15, 0.2) is 48.5 Å². The minimum atomic E-state index is -0.0900. The summed E-state index contributed by atoms with van der Waals surface area (Å²) in [5.41, 5.74) is 1.93. The Bertz CT molecular complexity index is 984. The van der Waals surface area contributed by atoms with Gasteiger partial charge in [0.15, 0.2) is 0 Å². The minimum absolute atomic E-state index is 0.0525. The third-order valence-corrected chi connectivity index (χ3v) is 6.92. The van der Waals surface area contributed by atoms with Crippen molar-refractivity contribution in [1.82, 2.24) is 14.7 Å².